The predicted molar refractivity (Wildman–Crippen MR) is 61.1 cm³/mol. The maximum absolute atomic E-state index is 11.3. The first-order chi connectivity index (χ1) is 7.51. The molecule has 5 heteroatoms. The van der Waals surface area contributed by atoms with Gasteiger partial charge < -0.3 is 0 Å². The highest BCUT2D eigenvalue weighted by Gasteiger charge is 2.19. The van der Waals surface area contributed by atoms with Crippen molar-refractivity contribution in [3.63, 3.8) is 0 Å². The van der Waals surface area contributed by atoms with Crippen LogP contribution in [0.3, 0.4) is 0 Å². The lowest BCUT2D eigenvalue weighted by molar-refractivity contribution is -0.132. The number of amides is 1. The van der Waals surface area contributed by atoms with Crippen LogP contribution in [0.15, 0.2) is 0 Å². The summed E-state index contributed by atoms with van der Waals surface area (Å²) in [6.07, 6.45) is 1.91. The number of hydroxylamine groups is 1. The van der Waals surface area contributed by atoms with Gasteiger partial charge in [0.05, 0.1) is 12.6 Å². The Labute approximate surface area is 96.6 Å². The van der Waals surface area contributed by atoms with Gasteiger partial charge in [-0.15, -0.1) is 0 Å². The van der Waals surface area contributed by atoms with Gasteiger partial charge in [0.25, 0.3) is 5.91 Å². The minimum absolute atomic E-state index is 0.0852. The van der Waals surface area contributed by atoms with Gasteiger partial charge in [-0.1, -0.05) is 20.8 Å². The van der Waals surface area contributed by atoms with Gasteiger partial charge in [0.1, 0.15) is 5.78 Å². The number of hydrogen-bond donors (Lipinski definition) is 3. The molecule has 0 aromatic rings. The maximum Gasteiger partial charge on any atom is 0.260 e. The van der Waals surface area contributed by atoms with Crippen molar-refractivity contribution in [2.45, 2.75) is 46.1 Å². The highest BCUT2D eigenvalue weighted by Crippen LogP contribution is 2.04. The van der Waals surface area contributed by atoms with Crippen LogP contribution in [0.25, 0.3) is 0 Å². The first kappa shape index (κ1) is 15.1. The van der Waals surface area contributed by atoms with Gasteiger partial charge in [-0.25, -0.2) is 5.48 Å². The van der Waals surface area contributed by atoms with Crippen molar-refractivity contribution in [1.82, 2.24) is 10.8 Å². The second kappa shape index (κ2) is 8.24. The van der Waals surface area contributed by atoms with E-state index in [-0.39, 0.29) is 12.3 Å². The Morgan fingerprint density at radius 3 is 2.38 bits per heavy atom. The van der Waals surface area contributed by atoms with Gasteiger partial charge in [0, 0.05) is 6.42 Å². The van der Waals surface area contributed by atoms with E-state index in [9.17, 15) is 9.59 Å². The molecule has 5 nitrogen and oxygen atoms in total. The standard InChI is InChI=1S/C11H22N2O3/c1-4-5-9(14)7-12-10(6-8(2)3)11(15)13-16/h8,10,12,16H,4-7H2,1-3H3,(H,13,15). The SMILES string of the molecule is CCCC(=O)CNC(CC(C)C)C(=O)NO. The zero-order valence-electron chi connectivity index (χ0n) is 10.2. The van der Waals surface area contributed by atoms with E-state index >= 15 is 0 Å². The van der Waals surface area contributed by atoms with E-state index in [1.807, 2.05) is 20.8 Å². The quantitative estimate of drug-likeness (QED) is 0.427. The normalized spacial score (nSPS) is 12.6. The molecule has 0 saturated heterocycles. The van der Waals surface area contributed by atoms with Crippen LogP contribution in [0.5, 0.6) is 0 Å². The molecule has 94 valence electrons. The third-order valence-electron chi connectivity index (χ3n) is 2.21. The number of carbonyl (C=O) groups is 2. The van der Waals surface area contributed by atoms with Crippen molar-refractivity contribution in [2.24, 2.45) is 5.92 Å². The minimum Gasteiger partial charge on any atom is -0.299 e. The zero-order valence-corrected chi connectivity index (χ0v) is 10.2. The van der Waals surface area contributed by atoms with Crippen LogP contribution in [0, 0.1) is 5.92 Å². The molecule has 3 N–H and O–H groups in total. The summed E-state index contributed by atoms with van der Waals surface area (Å²) in [6.45, 7) is 6.07. The van der Waals surface area contributed by atoms with Crippen LogP contribution in [-0.4, -0.2) is 29.5 Å². The Hall–Kier alpha value is -0.940. The number of carbonyl (C=O) groups excluding carboxylic acids is 2. The summed E-state index contributed by atoms with van der Waals surface area (Å²) in [4.78, 5) is 22.6. The summed E-state index contributed by atoms with van der Waals surface area (Å²) in [6, 6.07) is -0.509. The smallest absolute Gasteiger partial charge is 0.260 e. The number of hydrogen-bond acceptors (Lipinski definition) is 4. The molecule has 0 aromatic carbocycles. The average Bonchev–Trinajstić information content (AvgIpc) is 2.23. The molecule has 0 aliphatic carbocycles. The molecule has 0 fully saturated rings. The fraction of sp³-hybridized carbons (Fsp3) is 0.818. The molecule has 0 rings (SSSR count). The molecular weight excluding hydrogens is 208 g/mol. The Morgan fingerprint density at radius 2 is 1.94 bits per heavy atom. The van der Waals surface area contributed by atoms with Crippen LogP contribution in [-0.2, 0) is 9.59 Å². The first-order valence-corrected chi connectivity index (χ1v) is 5.70. The largest absolute Gasteiger partial charge is 0.299 e. The van der Waals surface area contributed by atoms with Gasteiger partial charge >= 0.3 is 0 Å². The highest BCUT2D eigenvalue weighted by molar-refractivity contribution is 5.83. The van der Waals surface area contributed by atoms with E-state index in [2.05, 4.69) is 5.32 Å². The molecule has 16 heavy (non-hydrogen) atoms. The van der Waals surface area contributed by atoms with Crippen molar-refractivity contribution in [3.8, 4) is 0 Å². The van der Waals surface area contributed by atoms with Crippen LogP contribution < -0.4 is 10.8 Å². The summed E-state index contributed by atoms with van der Waals surface area (Å²) in [5, 5.41) is 11.4. The molecule has 0 aromatic heterocycles. The molecule has 1 amide bonds. The summed E-state index contributed by atoms with van der Waals surface area (Å²) in [7, 11) is 0. The Morgan fingerprint density at radius 1 is 1.31 bits per heavy atom. The number of nitrogens with one attached hydrogen (secondary N) is 2. The van der Waals surface area contributed by atoms with Crippen LogP contribution in [0.1, 0.15) is 40.0 Å². The predicted octanol–water partition coefficient (Wildman–Crippen LogP) is 0.865. The van der Waals surface area contributed by atoms with Gasteiger partial charge in [-0.05, 0) is 18.8 Å². The summed E-state index contributed by atoms with van der Waals surface area (Å²) < 4.78 is 0. The Balaban J connectivity index is 4.11. The van der Waals surface area contributed by atoms with Crippen molar-refractivity contribution >= 4 is 11.7 Å². The molecule has 0 heterocycles. The number of Topliss-reactive ketones (excluding diaryl/α,β-unsaturated/α-hetero) is 1. The fourth-order valence-electron chi connectivity index (χ4n) is 1.44. The number of ketones is 1. The van der Waals surface area contributed by atoms with Gasteiger partial charge in [0.15, 0.2) is 0 Å². The van der Waals surface area contributed by atoms with Crippen LogP contribution in [0.4, 0.5) is 0 Å². The Kier molecular flexibility index (Phi) is 7.76. The van der Waals surface area contributed by atoms with Crippen LogP contribution in [0.2, 0.25) is 0 Å². The first-order valence-electron chi connectivity index (χ1n) is 5.70. The Bertz CT molecular complexity index is 229. The lowest BCUT2D eigenvalue weighted by atomic mass is 10.0. The summed E-state index contributed by atoms with van der Waals surface area (Å²) in [5.74, 6) is -0.0870. The van der Waals surface area contributed by atoms with Crippen molar-refractivity contribution in [1.29, 1.82) is 0 Å². The topological polar surface area (TPSA) is 78.4 Å². The monoisotopic (exact) mass is 230 g/mol. The molecule has 1 atom stereocenters. The van der Waals surface area contributed by atoms with Gasteiger partial charge in [-0.2, -0.15) is 0 Å². The van der Waals surface area contributed by atoms with Gasteiger partial charge in [0.2, 0.25) is 0 Å². The molecule has 0 radical (unpaired) electrons. The van der Waals surface area contributed by atoms with Crippen molar-refractivity contribution in [2.75, 3.05) is 6.54 Å². The summed E-state index contributed by atoms with van der Waals surface area (Å²) >= 11 is 0. The lowest BCUT2D eigenvalue weighted by Crippen LogP contribution is -2.45. The lowest BCUT2D eigenvalue weighted by Gasteiger charge is -2.18. The maximum atomic E-state index is 11.3. The highest BCUT2D eigenvalue weighted by atomic mass is 16.5. The third-order valence-corrected chi connectivity index (χ3v) is 2.21. The van der Waals surface area contributed by atoms with E-state index in [0.29, 0.717) is 18.8 Å². The van der Waals surface area contributed by atoms with Crippen molar-refractivity contribution in [3.05, 3.63) is 0 Å². The van der Waals surface area contributed by atoms with Gasteiger partial charge in [-0.3, -0.25) is 20.1 Å². The van der Waals surface area contributed by atoms with E-state index in [0.717, 1.165) is 6.42 Å². The molecule has 0 bridgehead atoms. The molecule has 0 saturated carbocycles. The van der Waals surface area contributed by atoms with Crippen LogP contribution >= 0.6 is 0 Å². The van der Waals surface area contributed by atoms with E-state index < -0.39 is 11.9 Å². The van der Waals surface area contributed by atoms with E-state index in [1.165, 1.54) is 0 Å². The molecule has 0 aliphatic rings. The molecule has 0 aliphatic heterocycles. The second-order valence-corrected chi connectivity index (χ2v) is 4.33. The zero-order chi connectivity index (χ0) is 12.6. The molecular formula is C11H22N2O3. The average molecular weight is 230 g/mol. The molecule has 1 unspecified atom stereocenters. The second-order valence-electron chi connectivity index (χ2n) is 4.33. The molecule has 0 spiro atoms. The third kappa shape index (κ3) is 6.53. The van der Waals surface area contributed by atoms with E-state index in [1.54, 1.807) is 5.48 Å². The van der Waals surface area contributed by atoms with Crippen molar-refractivity contribution < 1.29 is 14.8 Å². The summed E-state index contributed by atoms with van der Waals surface area (Å²) in [5.41, 5.74) is 1.61. The van der Waals surface area contributed by atoms with E-state index in [4.69, 9.17) is 5.21 Å². The number of rotatable bonds is 8. The fourth-order valence-corrected chi connectivity index (χ4v) is 1.44. The minimum atomic E-state index is -0.509.